The van der Waals surface area contributed by atoms with Crippen molar-refractivity contribution in [3.8, 4) is 0 Å². The minimum Gasteiger partial charge on any atom is -0.313 e. The maximum absolute atomic E-state index is 13.7. The lowest BCUT2D eigenvalue weighted by atomic mass is 9.90. The minimum absolute atomic E-state index is 0.166. The van der Waals surface area contributed by atoms with Crippen molar-refractivity contribution < 1.29 is 8.78 Å². The van der Waals surface area contributed by atoms with E-state index in [1.54, 1.807) is 0 Å². The number of nitrogens with one attached hydrogen (secondary N) is 1. The van der Waals surface area contributed by atoms with Crippen LogP contribution in [0.2, 0.25) is 0 Å². The molecule has 2 unspecified atom stereocenters. The van der Waals surface area contributed by atoms with Crippen molar-refractivity contribution in [2.75, 3.05) is 6.54 Å². The number of benzene rings is 1. The molecule has 1 N–H and O–H groups in total. The highest BCUT2D eigenvalue weighted by Gasteiger charge is 2.33. The maximum Gasteiger partial charge on any atom is 0.129 e. The first-order valence-electron chi connectivity index (χ1n) is 7.29. The lowest BCUT2D eigenvalue weighted by Crippen LogP contribution is -2.38. The molecule has 1 aromatic rings. The van der Waals surface area contributed by atoms with Crippen LogP contribution in [-0.2, 0) is 6.42 Å². The van der Waals surface area contributed by atoms with Gasteiger partial charge in [-0.1, -0.05) is 19.9 Å². The third kappa shape index (κ3) is 3.75. The van der Waals surface area contributed by atoms with Crippen LogP contribution in [-0.4, -0.2) is 12.6 Å². The molecule has 0 saturated heterocycles. The molecular weight excluding hydrogens is 244 g/mol. The predicted molar refractivity (Wildman–Crippen MR) is 74.0 cm³/mol. The quantitative estimate of drug-likeness (QED) is 0.789. The van der Waals surface area contributed by atoms with Gasteiger partial charge in [-0.2, -0.15) is 0 Å². The number of hydrogen-bond donors (Lipinski definition) is 1. The first-order valence-corrected chi connectivity index (χ1v) is 7.29. The van der Waals surface area contributed by atoms with Crippen molar-refractivity contribution in [3.63, 3.8) is 0 Å². The molecule has 106 valence electrons. The van der Waals surface area contributed by atoms with E-state index in [0.29, 0.717) is 12.3 Å². The third-order valence-electron chi connectivity index (χ3n) is 4.14. The molecule has 0 radical (unpaired) electrons. The molecule has 1 fully saturated rings. The molecule has 0 spiro atoms. The normalized spacial score (nSPS) is 18.3. The third-order valence-corrected chi connectivity index (χ3v) is 4.14. The van der Waals surface area contributed by atoms with Gasteiger partial charge in [0, 0.05) is 11.6 Å². The molecule has 0 heterocycles. The van der Waals surface area contributed by atoms with E-state index in [2.05, 4.69) is 19.2 Å². The summed E-state index contributed by atoms with van der Waals surface area (Å²) in [6.07, 6.45) is 3.99. The lowest BCUT2D eigenvalue weighted by molar-refractivity contribution is 0.333. The SMILES string of the molecule is CCCNC(Cc1c(F)cccc1F)C(C)C1CC1. The molecule has 19 heavy (non-hydrogen) atoms. The fourth-order valence-electron chi connectivity index (χ4n) is 2.67. The van der Waals surface area contributed by atoms with Gasteiger partial charge in [-0.3, -0.25) is 0 Å². The van der Waals surface area contributed by atoms with Crippen LogP contribution < -0.4 is 5.32 Å². The van der Waals surface area contributed by atoms with E-state index in [1.165, 1.54) is 31.0 Å². The van der Waals surface area contributed by atoms with Crippen molar-refractivity contribution in [3.05, 3.63) is 35.4 Å². The zero-order valence-corrected chi connectivity index (χ0v) is 11.8. The molecule has 1 saturated carbocycles. The Bertz CT molecular complexity index is 395. The summed E-state index contributed by atoms with van der Waals surface area (Å²) in [5.74, 6) is 0.354. The average molecular weight is 267 g/mol. The standard InChI is InChI=1S/C16H23F2N/c1-3-9-19-16(11(2)12-7-8-12)10-13-14(17)5-4-6-15(13)18/h4-6,11-12,16,19H,3,7-10H2,1-2H3. The van der Waals surface area contributed by atoms with Crippen molar-refractivity contribution in [1.29, 1.82) is 0 Å². The molecule has 0 bridgehead atoms. The zero-order valence-electron chi connectivity index (χ0n) is 11.8. The Morgan fingerprint density at radius 2 is 1.89 bits per heavy atom. The molecule has 1 nitrogen and oxygen atoms in total. The van der Waals surface area contributed by atoms with Crippen molar-refractivity contribution >= 4 is 0 Å². The summed E-state index contributed by atoms with van der Waals surface area (Å²) >= 11 is 0. The first kappa shape index (κ1) is 14.4. The van der Waals surface area contributed by atoms with Gasteiger partial charge in [0.25, 0.3) is 0 Å². The van der Waals surface area contributed by atoms with Crippen molar-refractivity contribution in [2.24, 2.45) is 11.8 Å². The lowest BCUT2D eigenvalue weighted by Gasteiger charge is -2.25. The van der Waals surface area contributed by atoms with E-state index in [-0.39, 0.29) is 11.6 Å². The first-order chi connectivity index (χ1) is 9.13. The second-order valence-corrected chi connectivity index (χ2v) is 5.66. The summed E-state index contributed by atoms with van der Waals surface area (Å²) in [7, 11) is 0. The van der Waals surface area contributed by atoms with Gasteiger partial charge in [-0.25, -0.2) is 8.78 Å². The summed E-state index contributed by atoms with van der Waals surface area (Å²) in [5, 5.41) is 3.46. The minimum atomic E-state index is -0.425. The molecule has 0 aromatic heterocycles. The smallest absolute Gasteiger partial charge is 0.129 e. The zero-order chi connectivity index (χ0) is 13.8. The molecule has 1 aliphatic carbocycles. The van der Waals surface area contributed by atoms with Crippen molar-refractivity contribution in [1.82, 2.24) is 5.32 Å². The van der Waals surface area contributed by atoms with Crippen molar-refractivity contribution in [2.45, 2.75) is 45.6 Å². The highest BCUT2D eigenvalue weighted by atomic mass is 19.1. The number of hydrogen-bond acceptors (Lipinski definition) is 1. The predicted octanol–water partition coefficient (Wildman–Crippen LogP) is 3.92. The van der Waals surface area contributed by atoms with Crippen LogP contribution >= 0.6 is 0 Å². The molecule has 3 heteroatoms. The van der Waals surface area contributed by atoms with Gasteiger partial charge < -0.3 is 5.32 Å². The van der Waals surface area contributed by atoms with Gasteiger partial charge in [0.1, 0.15) is 11.6 Å². The van der Waals surface area contributed by atoms with E-state index >= 15 is 0 Å². The molecule has 1 aliphatic rings. The van der Waals surface area contributed by atoms with Gasteiger partial charge in [0.15, 0.2) is 0 Å². The fraction of sp³-hybridized carbons (Fsp3) is 0.625. The van der Waals surface area contributed by atoms with E-state index in [0.717, 1.165) is 18.9 Å². The average Bonchev–Trinajstić information content (AvgIpc) is 3.21. The monoisotopic (exact) mass is 267 g/mol. The van der Waals surface area contributed by atoms with Gasteiger partial charge in [-0.15, -0.1) is 0 Å². The maximum atomic E-state index is 13.7. The number of halogens is 2. The summed E-state index contributed by atoms with van der Waals surface area (Å²) in [6, 6.07) is 4.28. The van der Waals surface area contributed by atoms with E-state index < -0.39 is 11.6 Å². The summed E-state index contributed by atoms with van der Waals surface area (Å²) in [6.45, 7) is 5.21. The molecular formula is C16H23F2N. The Balaban J connectivity index is 2.09. The Hall–Kier alpha value is -0.960. The summed E-state index contributed by atoms with van der Waals surface area (Å²) in [5.41, 5.74) is 0.226. The van der Waals surface area contributed by atoms with E-state index in [9.17, 15) is 8.78 Å². The Morgan fingerprint density at radius 1 is 1.26 bits per heavy atom. The van der Waals surface area contributed by atoms with Crippen LogP contribution in [0.4, 0.5) is 8.78 Å². The largest absolute Gasteiger partial charge is 0.313 e. The van der Waals surface area contributed by atoms with Crippen LogP contribution in [0.1, 0.15) is 38.7 Å². The highest BCUT2D eigenvalue weighted by Crippen LogP contribution is 2.39. The highest BCUT2D eigenvalue weighted by molar-refractivity contribution is 5.21. The van der Waals surface area contributed by atoms with Crippen LogP contribution in [0.3, 0.4) is 0 Å². The van der Waals surface area contributed by atoms with Gasteiger partial charge >= 0.3 is 0 Å². The number of rotatable bonds is 7. The Morgan fingerprint density at radius 3 is 2.42 bits per heavy atom. The molecule has 0 aliphatic heterocycles. The fourth-order valence-corrected chi connectivity index (χ4v) is 2.67. The second-order valence-electron chi connectivity index (χ2n) is 5.66. The molecule has 2 rings (SSSR count). The van der Waals surface area contributed by atoms with Gasteiger partial charge in [0.2, 0.25) is 0 Å². The van der Waals surface area contributed by atoms with Gasteiger partial charge in [-0.05, 0) is 56.2 Å². The molecule has 2 atom stereocenters. The Kier molecular flexibility index (Phi) is 4.92. The molecule has 0 amide bonds. The van der Waals surface area contributed by atoms with E-state index in [1.807, 2.05) is 0 Å². The van der Waals surface area contributed by atoms with E-state index in [4.69, 9.17) is 0 Å². The van der Waals surface area contributed by atoms with Crippen LogP contribution in [0, 0.1) is 23.5 Å². The van der Waals surface area contributed by atoms with Gasteiger partial charge in [0.05, 0.1) is 0 Å². The summed E-state index contributed by atoms with van der Waals surface area (Å²) in [4.78, 5) is 0. The summed E-state index contributed by atoms with van der Waals surface area (Å²) < 4.78 is 27.5. The van der Waals surface area contributed by atoms with Crippen LogP contribution in [0.5, 0.6) is 0 Å². The topological polar surface area (TPSA) is 12.0 Å². The second kappa shape index (κ2) is 6.47. The van der Waals surface area contributed by atoms with Crippen LogP contribution in [0.15, 0.2) is 18.2 Å². The molecule has 1 aromatic carbocycles. The van der Waals surface area contributed by atoms with Crippen LogP contribution in [0.25, 0.3) is 0 Å². The Labute approximate surface area is 114 Å².